The van der Waals surface area contributed by atoms with Crippen molar-refractivity contribution in [2.24, 2.45) is 0 Å². The van der Waals surface area contributed by atoms with Gasteiger partial charge < -0.3 is 4.42 Å². The third-order valence-corrected chi connectivity index (χ3v) is 3.14. The molecule has 2 nitrogen and oxygen atoms in total. The van der Waals surface area contributed by atoms with Crippen molar-refractivity contribution in [3.8, 4) is 6.07 Å². The Labute approximate surface area is 115 Å². The molecular formula is C14H9Cl2NO. The van der Waals surface area contributed by atoms with E-state index in [0.717, 1.165) is 5.76 Å². The maximum Gasteiger partial charge on any atom is 0.128 e. The maximum atomic E-state index is 9.17. The summed E-state index contributed by atoms with van der Waals surface area (Å²) in [6, 6.07) is 10.8. The normalized spacial score (nSPS) is 11.3. The Balaban J connectivity index is 2.43. The van der Waals surface area contributed by atoms with Gasteiger partial charge in [0.25, 0.3) is 0 Å². The van der Waals surface area contributed by atoms with E-state index in [0.29, 0.717) is 26.9 Å². The van der Waals surface area contributed by atoms with Crippen LogP contribution in [0.1, 0.15) is 17.1 Å². The number of nitrogens with zero attached hydrogens (tertiary/aromatic N) is 1. The highest BCUT2D eigenvalue weighted by molar-refractivity contribution is 6.42. The summed E-state index contributed by atoms with van der Waals surface area (Å²) in [6.07, 6.45) is 1.67. The topological polar surface area (TPSA) is 36.9 Å². The highest BCUT2D eigenvalue weighted by atomic mass is 35.5. The van der Waals surface area contributed by atoms with Gasteiger partial charge in [-0.3, -0.25) is 0 Å². The van der Waals surface area contributed by atoms with E-state index in [-0.39, 0.29) is 0 Å². The summed E-state index contributed by atoms with van der Waals surface area (Å²) in [5.74, 6) is 1.43. The first-order valence-electron chi connectivity index (χ1n) is 5.24. The van der Waals surface area contributed by atoms with Gasteiger partial charge in [0.15, 0.2) is 0 Å². The summed E-state index contributed by atoms with van der Waals surface area (Å²) in [5, 5.41) is 10.1. The van der Waals surface area contributed by atoms with Crippen LogP contribution in [0.25, 0.3) is 11.6 Å². The molecule has 0 amide bonds. The van der Waals surface area contributed by atoms with E-state index in [2.05, 4.69) is 6.07 Å². The monoisotopic (exact) mass is 277 g/mol. The number of aryl methyl sites for hydroxylation is 1. The summed E-state index contributed by atoms with van der Waals surface area (Å²) in [5.41, 5.74) is 1.18. The van der Waals surface area contributed by atoms with E-state index < -0.39 is 0 Å². The van der Waals surface area contributed by atoms with Gasteiger partial charge in [-0.1, -0.05) is 29.3 Å². The predicted octanol–water partition coefficient (Wildman–Crippen LogP) is 4.96. The van der Waals surface area contributed by atoms with Gasteiger partial charge >= 0.3 is 0 Å². The molecule has 1 aromatic heterocycles. The Morgan fingerprint density at radius 2 is 2.00 bits per heavy atom. The number of nitriles is 1. The van der Waals surface area contributed by atoms with Gasteiger partial charge in [0, 0.05) is 0 Å². The minimum absolute atomic E-state index is 0.422. The van der Waals surface area contributed by atoms with Crippen molar-refractivity contribution in [2.75, 3.05) is 0 Å². The molecule has 2 rings (SSSR count). The van der Waals surface area contributed by atoms with E-state index in [9.17, 15) is 5.26 Å². The van der Waals surface area contributed by atoms with Crippen LogP contribution >= 0.6 is 23.2 Å². The van der Waals surface area contributed by atoms with Crippen LogP contribution in [0.2, 0.25) is 10.0 Å². The minimum Gasteiger partial charge on any atom is -0.462 e. The lowest BCUT2D eigenvalue weighted by molar-refractivity contribution is 0.525. The van der Waals surface area contributed by atoms with Crippen LogP contribution in [0.15, 0.2) is 34.7 Å². The third-order valence-electron chi connectivity index (χ3n) is 2.40. The molecule has 0 atom stereocenters. The Kier molecular flexibility index (Phi) is 3.76. The smallest absolute Gasteiger partial charge is 0.128 e. The van der Waals surface area contributed by atoms with Gasteiger partial charge in [-0.15, -0.1) is 0 Å². The van der Waals surface area contributed by atoms with Crippen LogP contribution in [0.5, 0.6) is 0 Å². The maximum absolute atomic E-state index is 9.17. The first-order chi connectivity index (χ1) is 8.60. The minimum atomic E-state index is 0.422. The molecule has 90 valence electrons. The van der Waals surface area contributed by atoms with Crippen LogP contribution in [0.3, 0.4) is 0 Å². The molecule has 4 heteroatoms. The third kappa shape index (κ3) is 2.76. The second-order valence-electron chi connectivity index (χ2n) is 3.75. The molecule has 0 saturated heterocycles. The standard InChI is InChI=1S/C14H9Cl2NO/c1-9-2-4-12(18-9)6-11(8-17)10-3-5-13(15)14(16)7-10/h2-7H,1H3/b11-6-. The van der Waals surface area contributed by atoms with Crippen molar-refractivity contribution in [2.45, 2.75) is 6.92 Å². The predicted molar refractivity (Wildman–Crippen MR) is 73.4 cm³/mol. The average Bonchev–Trinajstić information content (AvgIpc) is 2.75. The highest BCUT2D eigenvalue weighted by Crippen LogP contribution is 2.27. The van der Waals surface area contributed by atoms with Crippen molar-refractivity contribution in [1.29, 1.82) is 5.26 Å². The molecule has 1 heterocycles. The highest BCUT2D eigenvalue weighted by Gasteiger charge is 2.06. The number of hydrogen-bond donors (Lipinski definition) is 0. The van der Waals surface area contributed by atoms with Crippen molar-refractivity contribution in [3.63, 3.8) is 0 Å². The molecule has 0 aliphatic heterocycles. The Morgan fingerprint density at radius 3 is 2.56 bits per heavy atom. The average molecular weight is 278 g/mol. The van der Waals surface area contributed by atoms with E-state index >= 15 is 0 Å². The van der Waals surface area contributed by atoms with Gasteiger partial charge in [0.05, 0.1) is 21.7 Å². The molecule has 1 aromatic carbocycles. The number of rotatable bonds is 2. The van der Waals surface area contributed by atoms with Gasteiger partial charge in [-0.2, -0.15) is 5.26 Å². The summed E-state index contributed by atoms with van der Waals surface area (Å²) in [6.45, 7) is 1.85. The van der Waals surface area contributed by atoms with Gasteiger partial charge in [0.1, 0.15) is 11.5 Å². The molecule has 0 spiro atoms. The molecule has 0 unspecified atom stereocenters. The fourth-order valence-electron chi connectivity index (χ4n) is 1.52. The first-order valence-corrected chi connectivity index (χ1v) is 5.99. The van der Waals surface area contributed by atoms with Crippen molar-refractivity contribution < 1.29 is 4.42 Å². The van der Waals surface area contributed by atoms with E-state index in [1.165, 1.54) is 0 Å². The van der Waals surface area contributed by atoms with Crippen molar-refractivity contribution in [3.05, 3.63) is 57.5 Å². The largest absolute Gasteiger partial charge is 0.462 e. The molecule has 0 aliphatic carbocycles. The van der Waals surface area contributed by atoms with Crippen LogP contribution in [0, 0.1) is 18.3 Å². The summed E-state index contributed by atoms with van der Waals surface area (Å²) >= 11 is 11.8. The lowest BCUT2D eigenvalue weighted by atomic mass is 10.1. The number of hydrogen-bond acceptors (Lipinski definition) is 2. The number of allylic oxidation sites excluding steroid dienone is 1. The van der Waals surface area contributed by atoms with Gasteiger partial charge in [0.2, 0.25) is 0 Å². The second-order valence-corrected chi connectivity index (χ2v) is 4.56. The Bertz CT molecular complexity index is 650. The van der Waals surface area contributed by atoms with Crippen LogP contribution in [0.4, 0.5) is 0 Å². The fourth-order valence-corrected chi connectivity index (χ4v) is 1.82. The molecular weight excluding hydrogens is 269 g/mol. The van der Waals surface area contributed by atoms with E-state index in [4.69, 9.17) is 27.6 Å². The van der Waals surface area contributed by atoms with Crippen molar-refractivity contribution in [1.82, 2.24) is 0 Å². The molecule has 0 fully saturated rings. The van der Waals surface area contributed by atoms with E-state index in [1.807, 2.05) is 19.1 Å². The lowest BCUT2D eigenvalue weighted by Crippen LogP contribution is -1.82. The number of halogens is 2. The van der Waals surface area contributed by atoms with Gasteiger partial charge in [-0.05, 0) is 42.8 Å². The molecule has 0 aliphatic rings. The Hall–Kier alpha value is -1.69. The second kappa shape index (κ2) is 5.30. The van der Waals surface area contributed by atoms with Crippen LogP contribution < -0.4 is 0 Å². The van der Waals surface area contributed by atoms with E-state index in [1.54, 1.807) is 24.3 Å². The first kappa shape index (κ1) is 12.8. The Morgan fingerprint density at radius 1 is 1.22 bits per heavy atom. The zero-order valence-electron chi connectivity index (χ0n) is 9.58. The molecule has 2 aromatic rings. The fraction of sp³-hybridized carbons (Fsp3) is 0.0714. The molecule has 0 N–H and O–H groups in total. The zero-order valence-corrected chi connectivity index (χ0v) is 11.1. The zero-order chi connectivity index (χ0) is 13.1. The molecule has 0 saturated carbocycles. The van der Waals surface area contributed by atoms with Crippen molar-refractivity contribution >= 4 is 34.9 Å². The quantitative estimate of drug-likeness (QED) is 0.728. The summed E-state index contributed by atoms with van der Waals surface area (Å²) in [4.78, 5) is 0. The number of furan rings is 1. The summed E-state index contributed by atoms with van der Waals surface area (Å²) in [7, 11) is 0. The molecule has 0 bridgehead atoms. The lowest BCUT2D eigenvalue weighted by Gasteiger charge is -2.01. The van der Waals surface area contributed by atoms with Crippen LogP contribution in [-0.4, -0.2) is 0 Å². The van der Waals surface area contributed by atoms with Gasteiger partial charge in [-0.25, -0.2) is 0 Å². The SMILES string of the molecule is Cc1ccc(/C=C(/C#N)c2ccc(Cl)c(Cl)c2)o1. The molecule has 18 heavy (non-hydrogen) atoms. The van der Waals surface area contributed by atoms with Crippen LogP contribution in [-0.2, 0) is 0 Å². The molecule has 0 radical (unpaired) electrons. The summed E-state index contributed by atoms with van der Waals surface area (Å²) < 4.78 is 5.40. The number of benzene rings is 1.